The summed E-state index contributed by atoms with van der Waals surface area (Å²) in [5, 5.41) is 9.39. The molecule has 18 heavy (non-hydrogen) atoms. The van der Waals surface area contributed by atoms with Crippen LogP contribution in [0.5, 0.6) is 0 Å². The van der Waals surface area contributed by atoms with Crippen molar-refractivity contribution < 1.29 is 0 Å². The molecule has 1 aromatic carbocycles. The van der Waals surface area contributed by atoms with E-state index in [1.54, 1.807) is 10.7 Å². The van der Waals surface area contributed by atoms with Crippen LogP contribution in [-0.2, 0) is 6.42 Å². The first-order valence-corrected chi connectivity index (χ1v) is 6.84. The molecule has 0 aliphatic rings. The van der Waals surface area contributed by atoms with Gasteiger partial charge >= 0.3 is 0 Å². The van der Waals surface area contributed by atoms with Gasteiger partial charge in [0.2, 0.25) is 0 Å². The van der Waals surface area contributed by atoms with Gasteiger partial charge in [0.1, 0.15) is 0 Å². The molecule has 6 heteroatoms. The van der Waals surface area contributed by atoms with Gasteiger partial charge in [0.15, 0.2) is 0 Å². The lowest BCUT2D eigenvalue weighted by Gasteiger charge is -2.06. The molecule has 1 heterocycles. The monoisotopic (exact) mass is 303 g/mol. The molecular formula is C12H12Cl3N3. The average Bonchev–Trinajstić information content (AvgIpc) is 2.79. The van der Waals surface area contributed by atoms with Gasteiger partial charge in [-0.3, -0.25) is 0 Å². The smallest absolute Gasteiger partial charge is 0.0864 e. The van der Waals surface area contributed by atoms with Crippen molar-refractivity contribution in [3.63, 3.8) is 0 Å². The Kier molecular flexibility index (Phi) is 4.49. The van der Waals surface area contributed by atoms with E-state index in [9.17, 15) is 0 Å². The molecule has 2 aromatic rings. The maximum absolute atomic E-state index is 6.18. The Morgan fingerprint density at radius 2 is 2.00 bits per heavy atom. The number of benzene rings is 1. The molecule has 0 aliphatic carbocycles. The third-order valence-electron chi connectivity index (χ3n) is 2.58. The molecule has 0 saturated heterocycles. The van der Waals surface area contributed by atoms with E-state index in [1.165, 1.54) is 0 Å². The zero-order valence-electron chi connectivity index (χ0n) is 9.83. The maximum Gasteiger partial charge on any atom is 0.0864 e. The van der Waals surface area contributed by atoms with E-state index in [2.05, 4.69) is 10.3 Å². The number of hydrogen-bond donors (Lipinski definition) is 0. The van der Waals surface area contributed by atoms with Gasteiger partial charge in [-0.2, -0.15) is 0 Å². The number of nitrogens with zero attached hydrogens (tertiary/aromatic N) is 3. The van der Waals surface area contributed by atoms with Crippen molar-refractivity contribution in [1.82, 2.24) is 15.0 Å². The molecule has 0 aliphatic heterocycles. The van der Waals surface area contributed by atoms with Crippen molar-refractivity contribution >= 4 is 34.8 Å². The van der Waals surface area contributed by atoms with Crippen LogP contribution in [-0.4, -0.2) is 20.9 Å². The fourth-order valence-corrected chi connectivity index (χ4v) is 2.19. The Morgan fingerprint density at radius 3 is 2.72 bits per heavy atom. The zero-order chi connectivity index (χ0) is 13.1. The number of aryl methyl sites for hydroxylation is 2. The van der Waals surface area contributed by atoms with Gasteiger partial charge in [0.05, 0.1) is 22.6 Å². The Labute approximate surface area is 121 Å². The van der Waals surface area contributed by atoms with E-state index >= 15 is 0 Å². The Morgan fingerprint density at radius 1 is 1.22 bits per heavy atom. The molecule has 0 bridgehead atoms. The minimum atomic E-state index is 0.602. The molecular weight excluding hydrogens is 293 g/mol. The number of rotatable bonds is 4. The van der Waals surface area contributed by atoms with Gasteiger partial charge in [-0.05, 0) is 37.5 Å². The summed E-state index contributed by atoms with van der Waals surface area (Å²) >= 11 is 17.9. The standard InChI is InChI=1S/C12H12Cl3N3/c1-8-5-11(15)12(6-10(8)14)18-7-9(16-17-18)3-2-4-13/h5-7H,2-4H2,1H3. The van der Waals surface area contributed by atoms with E-state index in [-0.39, 0.29) is 0 Å². The van der Waals surface area contributed by atoms with Gasteiger partial charge in [0.25, 0.3) is 0 Å². The number of aromatic nitrogens is 3. The summed E-state index contributed by atoms with van der Waals surface area (Å²) in [6.07, 6.45) is 3.53. The SMILES string of the molecule is Cc1cc(Cl)c(-n2cc(CCCCl)nn2)cc1Cl. The van der Waals surface area contributed by atoms with Crippen LogP contribution in [0, 0.1) is 6.92 Å². The normalized spacial score (nSPS) is 10.9. The highest BCUT2D eigenvalue weighted by Gasteiger charge is 2.09. The van der Waals surface area contributed by atoms with Crippen molar-refractivity contribution in [3.05, 3.63) is 39.6 Å². The van der Waals surface area contributed by atoms with Crippen molar-refractivity contribution in [1.29, 1.82) is 0 Å². The maximum atomic E-state index is 6.18. The summed E-state index contributed by atoms with van der Waals surface area (Å²) in [4.78, 5) is 0. The molecule has 2 rings (SSSR count). The first-order valence-electron chi connectivity index (χ1n) is 5.55. The van der Waals surface area contributed by atoms with E-state index in [1.807, 2.05) is 19.2 Å². The highest BCUT2D eigenvalue weighted by molar-refractivity contribution is 6.35. The highest BCUT2D eigenvalue weighted by atomic mass is 35.5. The second-order valence-electron chi connectivity index (χ2n) is 4.00. The zero-order valence-corrected chi connectivity index (χ0v) is 12.1. The van der Waals surface area contributed by atoms with Crippen LogP contribution in [0.4, 0.5) is 0 Å². The molecule has 0 spiro atoms. The molecule has 0 saturated carbocycles. The van der Waals surface area contributed by atoms with E-state index in [4.69, 9.17) is 34.8 Å². The summed E-state index contributed by atoms with van der Waals surface area (Å²) in [6.45, 7) is 1.91. The summed E-state index contributed by atoms with van der Waals surface area (Å²) in [6, 6.07) is 3.61. The fourth-order valence-electron chi connectivity index (χ4n) is 1.59. The summed E-state index contributed by atoms with van der Waals surface area (Å²) in [5.41, 5.74) is 2.56. The predicted molar refractivity (Wildman–Crippen MR) is 75.2 cm³/mol. The largest absolute Gasteiger partial charge is 0.219 e. The van der Waals surface area contributed by atoms with Gasteiger partial charge in [0, 0.05) is 10.9 Å². The first-order chi connectivity index (χ1) is 8.61. The van der Waals surface area contributed by atoms with Gasteiger partial charge < -0.3 is 0 Å². The van der Waals surface area contributed by atoms with Gasteiger partial charge in [-0.25, -0.2) is 4.68 Å². The minimum Gasteiger partial charge on any atom is -0.219 e. The van der Waals surface area contributed by atoms with Crippen LogP contribution >= 0.6 is 34.8 Å². The average molecular weight is 305 g/mol. The first kappa shape index (κ1) is 13.7. The van der Waals surface area contributed by atoms with Crippen LogP contribution < -0.4 is 0 Å². The molecule has 0 atom stereocenters. The quantitative estimate of drug-likeness (QED) is 0.798. The summed E-state index contributed by atoms with van der Waals surface area (Å²) in [7, 11) is 0. The van der Waals surface area contributed by atoms with Crippen molar-refractivity contribution in [2.75, 3.05) is 5.88 Å². The van der Waals surface area contributed by atoms with E-state index in [0.29, 0.717) is 15.9 Å². The van der Waals surface area contributed by atoms with Crippen LogP contribution in [0.15, 0.2) is 18.3 Å². The lowest BCUT2D eigenvalue weighted by atomic mass is 10.2. The molecule has 1 aromatic heterocycles. The van der Waals surface area contributed by atoms with Gasteiger partial charge in [-0.15, -0.1) is 16.7 Å². The number of hydrogen-bond acceptors (Lipinski definition) is 2. The van der Waals surface area contributed by atoms with Crippen LogP contribution in [0.1, 0.15) is 17.7 Å². The topological polar surface area (TPSA) is 30.7 Å². The van der Waals surface area contributed by atoms with Crippen LogP contribution in [0.25, 0.3) is 5.69 Å². The number of halogens is 3. The molecule has 96 valence electrons. The lowest BCUT2D eigenvalue weighted by molar-refractivity contribution is 0.792. The van der Waals surface area contributed by atoms with Crippen LogP contribution in [0.2, 0.25) is 10.0 Å². The molecule has 0 N–H and O–H groups in total. The van der Waals surface area contributed by atoms with Gasteiger partial charge in [-0.1, -0.05) is 28.4 Å². The van der Waals surface area contributed by atoms with E-state index in [0.717, 1.165) is 29.8 Å². The Balaban J connectivity index is 2.31. The molecule has 0 radical (unpaired) electrons. The summed E-state index contributed by atoms with van der Waals surface area (Å²) < 4.78 is 1.64. The van der Waals surface area contributed by atoms with Crippen molar-refractivity contribution in [3.8, 4) is 5.69 Å². The minimum absolute atomic E-state index is 0.602. The van der Waals surface area contributed by atoms with E-state index < -0.39 is 0 Å². The molecule has 3 nitrogen and oxygen atoms in total. The fraction of sp³-hybridized carbons (Fsp3) is 0.333. The molecule has 0 fully saturated rings. The molecule has 0 amide bonds. The third-order valence-corrected chi connectivity index (χ3v) is 3.56. The third kappa shape index (κ3) is 2.97. The number of alkyl halides is 1. The Bertz CT molecular complexity index is 551. The second kappa shape index (κ2) is 5.91. The second-order valence-corrected chi connectivity index (χ2v) is 5.19. The van der Waals surface area contributed by atoms with Crippen LogP contribution in [0.3, 0.4) is 0 Å². The summed E-state index contributed by atoms with van der Waals surface area (Å²) in [5.74, 6) is 0.615. The lowest BCUT2D eigenvalue weighted by Crippen LogP contribution is -1.96. The highest BCUT2D eigenvalue weighted by Crippen LogP contribution is 2.27. The predicted octanol–water partition coefficient (Wildman–Crippen LogP) is 4.05. The Hall–Kier alpha value is -0.770. The van der Waals surface area contributed by atoms with Crippen molar-refractivity contribution in [2.24, 2.45) is 0 Å². The molecule has 0 unspecified atom stereocenters. The van der Waals surface area contributed by atoms with Crippen molar-refractivity contribution in [2.45, 2.75) is 19.8 Å².